The summed E-state index contributed by atoms with van der Waals surface area (Å²) in [6, 6.07) is 1.64. The van der Waals surface area contributed by atoms with Gasteiger partial charge in [0, 0.05) is 0 Å². The number of esters is 2. The van der Waals surface area contributed by atoms with Crippen LogP contribution >= 0.6 is 11.3 Å². The number of hydrogen-bond donors (Lipinski definition) is 0. The fourth-order valence-corrected chi connectivity index (χ4v) is 3.49. The van der Waals surface area contributed by atoms with Crippen molar-refractivity contribution in [1.82, 2.24) is 0 Å². The molecular weight excluding hydrogens is 312 g/mol. The third-order valence-electron chi connectivity index (χ3n) is 4.08. The summed E-state index contributed by atoms with van der Waals surface area (Å²) in [6.45, 7) is 0.842. The second-order valence-electron chi connectivity index (χ2n) is 5.97. The maximum Gasteiger partial charge on any atom is 0.349 e. The lowest BCUT2D eigenvalue weighted by Gasteiger charge is -2.08. The SMILES string of the molecule is O=C1OCCCCCCCCCCCCOC(=O)c2sccc21. The smallest absolute Gasteiger partial charge is 0.349 e. The standard InChI is InChI=1S/C18H26O4S/c19-17-15-11-14-23-16(15)18(20)22-13-10-8-6-4-2-1-3-5-7-9-12-21-17/h11,14H,1-10,12-13H2. The monoisotopic (exact) mass is 338 g/mol. The number of ether oxygens (including phenoxy) is 2. The van der Waals surface area contributed by atoms with Crippen LogP contribution in [-0.4, -0.2) is 25.2 Å². The van der Waals surface area contributed by atoms with E-state index >= 15 is 0 Å². The largest absolute Gasteiger partial charge is 0.462 e. The van der Waals surface area contributed by atoms with Gasteiger partial charge in [-0.15, -0.1) is 11.3 Å². The zero-order valence-electron chi connectivity index (χ0n) is 13.7. The molecule has 0 amide bonds. The zero-order chi connectivity index (χ0) is 16.3. The molecule has 0 aliphatic carbocycles. The molecule has 0 atom stereocenters. The summed E-state index contributed by atoms with van der Waals surface area (Å²) in [5.74, 6) is -0.826. The molecule has 2 rings (SSSR count). The molecule has 1 aromatic rings. The Morgan fingerprint density at radius 3 is 1.74 bits per heavy atom. The fourth-order valence-electron chi connectivity index (χ4n) is 2.72. The molecule has 0 fully saturated rings. The van der Waals surface area contributed by atoms with Gasteiger partial charge in [0.1, 0.15) is 4.88 Å². The fraction of sp³-hybridized carbons (Fsp3) is 0.667. The Bertz CT molecular complexity index is 452. The molecule has 2 heterocycles. The highest BCUT2D eigenvalue weighted by Crippen LogP contribution is 2.20. The number of carbonyl (C=O) groups excluding carboxylic acids is 2. The van der Waals surface area contributed by atoms with Gasteiger partial charge in [-0.2, -0.15) is 0 Å². The van der Waals surface area contributed by atoms with Crippen molar-refractivity contribution in [3.8, 4) is 0 Å². The van der Waals surface area contributed by atoms with Crippen LogP contribution in [0.5, 0.6) is 0 Å². The molecule has 128 valence electrons. The number of carbonyl (C=O) groups is 2. The average molecular weight is 338 g/mol. The third-order valence-corrected chi connectivity index (χ3v) is 4.97. The Morgan fingerprint density at radius 2 is 1.17 bits per heavy atom. The normalized spacial score (nSPS) is 19.8. The lowest BCUT2D eigenvalue weighted by Crippen LogP contribution is -2.12. The van der Waals surface area contributed by atoms with Crippen LogP contribution < -0.4 is 0 Å². The van der Waals surface area contributed by atoms with Crippen LogP contribution in [0.4, 0.5) is 0 Å². The van der Waals surface area contributed by atoms with Crippen LogP contribution in [0, 0.1) is 0 Å². The van der Waals surface area contributed by atoms with Gasteiger partial charge >= 0.3 is 11.9 Å². The topological polar surface area (TPSA) is 52.6 Å². The highest BCUT2D eigenvalue weighted by Gasteiger charge is 2.21. The van der Waals surface area contributed by atoms with Crippen molar-refractivity contribution in [3.05, 3.63) is 21.9 Å². The van der Waals surface area contributed by atoms with E-state index in [0.29, 0.717) is 23.7 Å². The Labute approximate surface area is 142 Å². The van der Waals surface area contributed by atoms with Gasteiger partial charge < -0.3 is 9.47 Å². The zero-order valence-corrected chi connectivity index (χ0v) is 14.5. The summed E-state index contributed by atoms with van der Waals surface area (Å²) in [5.41, 5.74) is 0.334. The molecule has 0 unspecified atom stereocenters. The molecule has 0 radical (unpaired) electrons. The molecule has 0 spiro atoms. The first-order valence-corrected chi connectivity index (χ1v) is 9.59. The second kappa shape index (κ2) is 10.4. The van der Waals surface area contributed by atoms with E-state index in [0.717, 1.165) is 25.7 Å². The second-order valence-corrected chi connectivity index (χ2v) is 6.89. The van der Waals surface area contributed by atoms with Crippen LogP contribution in [0.2, 0.25) is 0 Å². The summed E-state index contributed by atoms with van der Waals surface area (Å²) in [6.07, 6.45) is 11.5. The van der Waals surface area contributed by atoms with Gasteiger partial charge in [0.2, 0.25) is 0 Å². The van der Waals surface area contributed by atoms with E-state index < -0.39 is 11.9 Å². The van der Waals surface area contributed by atoms with E-state index in [1.54, 1.807) is 11.4 Å². The maximum absolute atomic E-state index is 12.1. The predicted octanol–water partition coefficient (Wildman–Crippen LogP) is 4.98. The molecule has 0 saturated carbocycles. The number of thiophene rings is 1. The molecule has 0 aromatic carbocycles. The molecule has 0 saturated heterocycles. The van der Waals surface area contributed by atoms with Crippen LogP contribution in [0.25, 0.3) is 0 Å². The van der Waals surface area contributed by atoms with Gasteiger partial charge in [-0.3, -0.25) is 0 Å². The molecular formula is C18H26O4S. The van der Waals surface area contributed by atoms with Crippen molar-refractivity contribution in [3.63, 3.8) is 0 Å². The van der Waals surface area contributed by atoms with Crippen LogP contribution in [0.3, 0.4) is 0 Å². The molecule has 1 aliphatic rings. The molecule has 0 bridgehead atoms. The van der Waals surface area contributed by atoms with Crippen molar-refractivity contribution in [1.29, 1.82) is 0 Å². The number of fused-ring (bicyclic) bond motifs is 1. The molecule has 23 heavy (non-hydrogen) atoms. The van der Waals surface area contributed by atoms with E-state index in [4.69, 9.17) is 9.47 Å². The average Bonchev–Trinajstić information content (AvgIpc) is 3.03. The first-order valence-electron chi connectivity index (χ1n) is 8.71. The van der Waals surface area contributed by atoms with Crippen molar-refractivity contribution >= 4 is 23.3 Å². The number of hydrogen-bond acceptors (Lipinski definition) is 5. The number of rotatable bonds is 0. The molecule has 1 aliphatic heterocycles. The van der Waals surface area contributed by atoms with Crippen molar-refractivity contribution < 1.29 is 19.1 Å². The van der Waals surface area contributed by atoms with Crippen LogP contribution in [0.15, 0.2) is 11.4 Å². The van der Waals surface area contributed by atoms with Crippen LogP contribution in [-0.2, 0) is 9.47 Å². The van der Waals surface area contributed by atoms with Gasteiger partial charge in [0.15, 0.2) is 0 Å². The van der Waals surface area contributed by atoms with Gasteiger partial charge in [-0.1, -0.05) is 51.4 Å². The Kier molecular flexibility index (Phi) is 8.15. The minimum absolute atomic E-state index is 0.334. The van der Waals surface area contributed by atoms with Gasteiger partial charge in [0.25, 0.3) is 0 Å². The summed E-state index contributed by atoms with van der Waals surface area (Å²) in [5, 5.41) is 1.73. The Balaban J connectivity index is 1.91. The minimum Gasteiger partial charge on any atom is -0.462 e. The third kappa shape index (κ3) is 6.34. The summed E-state index contributed by atoms with van der Waals surface area (Å²) >= 11 is 1.24. The Morgan fingerprint density at radius 1 is 0.696 bits per heavy atom. The Hall–Kier alpha value is -1.36. The molecule has 4 nitrogen and oxygen atoms in total. The first kappa shape index (κ1) is 18.0. The lowest BCUT2D eigenvalue weighted by molar-refractivity contribution is 0.0455. The van der Waals surface area contributed by atoms with Crippen molar-refractivity contribution in [2.75, 3.05) is 13.2 Å². The molecule has 0 N–H and O–H groups in total. The lowest BCUT2D eigenvalue weighted by atomic mass is 10.1. The predicted molar refractivity (Wildman–Crippen MR) is 91.1 cm³/mol. The summed E-state index contributed by atoms with van der Waals surface area (Å²) < 4.78 is 10.6. The quantitative estimate of drug-likeness (QED) is 0.626. The highest BCUT2D eigenvalue weighted by molar-refractivity contribution is 7.12. The van der Waals surface area contributed by atoms with Crippen molar-refractivity contribution in [2.45, 2.75) is 64.2 Å². The molecule has 5 heteroatoms. The van der Waals surface area contributed by atoms with E-state index in [1.165, 1.54) is 49.9 Å². The van der Waals surface area contributed by atoms with Crippen LogP contribution in [0.1, 0.15) is 84.2 Å². The number of cyclic esters (lactones) is 2. The van der Waals surface area contributed by atoms with E-state index in [9.17, 15) is 9.59 Å². The van der Waals surface area contributed by atoms with Crippen molar-refractivity contribution in [2.24, 2.45) is 0 Å². The van der Waals surface area contributed by atoms with E-state index in [2.05, 4.69) is 0 Å². The van der Waals surface area contributed by atoms with Gasteiger partial charge in [0.05, 0.1) is 18.8 Å². The highest BCUT2D eigenvalue weighted by atomic mass is 32.1. The minimum atomic E-state index is -0.417. The van der Waals surface area contributed by atoms with E-state index in [1.807, 2.05) is 0 Å². The van der Waals surface area contributed by atoms with Gasteiger partial charge in [-0.05, 0) is 24.3 Å². The summed E-state index contributed by atoms with van der Waals surface area (Å²) in [4.78, 5) is 24.5. The van der Waals surface area contributed by atoms with Gasteiger partial charge in [-0.25, -0.2) is 9.59 Å². The maximum atomic E-state index is 12.1. The molecule has 1 aromatic heterocycles. The summed E-state index contributed by atoms with van der Waals surface area (Å²) in [7, 11) is 0. The first-order chi connectivity index (χ1) is 11.3. The van der Waals surface area contributed by atoms with E-state index in [-0.39, 0.29) is 0 Å².